The first-order chi connectivity index (χ1) is 21.1. The van der Waals surface area contributed by atoms with Crippen molar-refractivity contribution in [3.05, 3.63) is 118 Å². The number of aryl methyl sites for hydroxylation is 4. The normalized spacial score (nSPS) is 12.5. The van der Waals surface area contributed by atoms with Gasteiger partial charge in [-0.15, -0.1) is 0 Å². The minimum absolute atomic E-state index is 0.176. The van der Waals surface area contributed by atoms with E-state index >= 15 is 0 Å². The highest BCUT2D eigenvalue weighted by Gasteiger charge is 2.20. The van der Waals surface area contributed by atoms with Crippen molar-refractivity contribution in [2.75, 3.05) is 13.2 Å². The summed E-state index contributed by atoms with van der Waals surface area (Å²) in [6.45, 7) is 12.0. The highest BCUT2D eigenvalue weighted by molar-refractivity contribution is 6.11. The highest BCUT2D eigenvalue weighted by atomic mass is 16.6. The lowest BCUT2D eigenvalue weighted by Crippen LogP contribution is -2.23. The third-order valence-electron chi connectivity index (χ3n) is 7.44. The predicted molar refractivity (Wildman–Crippen MR) is 174 cm³/mol. The summed E-state index contributed by atoms with van der Waals surface area (Å²) in [5.41, 5.74) is 5.30. The van der Waals surface area contributed by atoms with Gasteiger partial charge in [0.05, 0.1) is 11.1 Å². The third-order valence-corrected chi connectivity index (χ3v) is 7.44. The van der Waals surface area contributed by atoms with Gasteiger partial charge in [-0.2, -0.15) is 0 Å². The Morgan fingerprint density at radius 1 is 0.500 bits per heavy atom. The van der Waals surface area contributed by atoms with Gasteiger partial charge >= 0.3 is 11.9 Å². The van der Waals surface area contributed by atoms with Gasteiger partial charge in [0.1, 0.15) is 36.9 Å². The van der Waals surface area contributed by atoms with Gasteiger partial charge in [-0.3, -0.25) is 0 Å². The maximum atomic E-state index is 12.7. The Hall–Kier alpha value is -4.84. The van der Waals surface area contributed by atoms with Crippen LogP contribution in [-0.4, -0.2) is 37.4 Å². The SMILES string of the molecule is Cc1ccc(C(=O)OC(C)COc2c3ccc(C)cc3c(OCC(C)OC(=O)c3ccc(C)cc3)c3ccc(C)cc23)cc1. The van der Waals surface area contributed by atoms with E-state index in [2.05, 4.69) is 12.1 Å². The van der Waals surface area contributed by atoms with Crippen molar-refractivity contribution >= 4 is 33.5 Å². The molecule has 0 saturated heterocycles. The van der Waals surface area contributed by atoms with Crippen LogP contribution in [0.1, 0.15) is 56.8 Å². The molecule has 0 heterocycles. The van der Waals surface area contributed by atoms with Crippen LogP contribution in [0.25, 0.3) is 21.5 Å². The molecule has 6 heteroatoms. The molecule has 0 aromatic heterocycles. The average Bonchev–Trinajstić information content (AvgIpc) is 2.99. The van der Waals surface area contributed by atoms with Gasteiger partial charge in [0.25, 0.3) is 0 Å². The Bertz CT molecular complexity index is 1670. The van der Waals surface area contributed by atoms with Crippen molar-refractivity contribution < 1.29 is 28.5 Å². The standard InChI is InChI=1S/C38H38O6/c1-23-7-13-29(14-8-23)37(39)43-27(5)21-41-35-31-17-11-26(4)20-34(31)36(32-18-12-25(3)19-33(32)35)42-22-28(6)44-38(40)30-15-9-24(2)10-16-30/h7-20,27-28H,21-22H2,1-6H3. The van der Waals surface area contributed by atoms with Crippen molar-refractivity contribution in [1.82, 2.24) is 0 Å². The average molecular weight is 591 g/mol. The highest BCUT2D eigenvalue weighted by Crippen LogP contribution is 2.43. The number of fused-ring (bicyclic) bond motifs is 2. The Kier molecular flexibility index (Phi) is 9.19. The molecule has 0 aliphatic carbocycles. The summed E-state index contributed by atoms with van der Waals surface area (Å²) < 4.78 is 24.3. The van der Waals surface area contributed by atoms with E-state index in [-0.39, 0.29) is 25.2 Å². The van der Waals surface area contributed by atoms with E-state index in [9.17, 15) is 9.59 Å². The third kappa shape index (κ3) is 7.03. The molecule has 2 unspecified atom stereocenters. The molecule has 0 aliphatic heterocycles. The zero-order valence-electron chi connectivity index (χ0n) is 26.1. The van der Waals surface area contributed by atoms with Crippen molar-refractivity contribution in [2.24, 2.45) is 0 Å². The zero-order valence-corrected chi connectivity index (χ0v) is 26.1. The van der Waals surface area contributed by atoms with Crippen LogP contribution in [0.2, 0.25) is 0 Å². The van der Waals surface area contributed by atoms with E-state index in [1.165, 1.54) is 0 Å². The number of benzene rings is 5. The summed E-state index contributed by atoms with van der Waals surface area (Å²) in [7, 11) is 0. The van der Waals surface area contributed by atoms with Gasteiger partial charge in [-0.25, -0.2) is 9.59 Å². The van der Waals surface area contributed by atoms with E-state index in [1.807, 2.05) is 90.1 Å². The molecule has 0 saturated carbocycles. The van der Waals surface area contributed by atoms with Crippen molar-refractivity contribution in [1.29, 1.82) is 0 Å². The minimum Gasteiger partial charge on any atom is -0.488 e. The molecule has 0 fully saturated rings. The molecule has 0 amide bonds. The minimum atomic E-state index is -0.482. The molecule has 0 N–H and O–H groups in total. The molecule has 0 bridgehead atoms. The van der Waals surface area contributed by atoms with Gasteiger partial charge in [-0.05, 0) is 77.9 Å². The lowest BCUT2D eigenvalue weighted by Gasteiger charge is -2.21. The summed E-state index contributed by atoms with van der Waals surface area (Å²) in [5, 5.41) is 3.53. The number of rotatable bonds is 10. The fourth-order valence-corrected chi connectivity index (χ4v) is 5.04. The molecule has 0 spiro atoms. The first kappa shape index (κ1) is 30.6. The topological polar surface area (TPSA) is 71.1 Å². The van der Waals surface area contributed by atoms with E-state index < -0.39 is 12.2 Å². The summed E-state index contributed by atoms with van der Waals surface area (Å²) >= 11 is 0. The van der Waals surface area contributed by atoms with Gasteiger partial charge in [0.15, 0.2) is 0 Å². The lowest BCUT2D eigenvalue weighted by atomic mass is 9.97. The molecule has 0 aliphatic rings. The van der Waals surface area contributed by atoms with Crippen LogP contribution in [0.5, 0.6) is 11.5 Å². The van der Waals surface area contributed by atoms with Crippen LogP contribution in [0.3, 0.4) is 0 Å². The summed E-state index contributed by atoms with van der Waals surface area (Å²) in [4.78, 5) is 25.4. The summed E-state index contributed by atoms with van der Waals surface area (Å²) in [5.74, 6) is 0.623. The molecule has 0 radical (unpaired) electrons. The maximum absolute atomic E-state index is 12.7. The first-order valence-corrected chi connectivity index (χ1v) is 14.9. The number of ether oxygens (including phenoxy) is 4. The van der Waals surface area contributed by atoms with Gasteiger partial charge in [-0.1, -0.05) is 70.8 Å². The van der Waals surface area contributed by atoms with E-state index in [4.69, 9.17) is 18.9 Å². The molecule has 2 atom stereocenters. The van der Waals surface area contributed by atoms with Gasteiger partial charge in [0, 0.05) is 21.5 Å². The maximum Gasteiger partial charge on any atom is 0.338 e. The quantitative estimate of drug-likeness (QED) is 0.120. The Morgan fingerprint density at radius 3 is 1.20 bits per heavy atom. The van der Waals surface area contributed by atoms with Crippen LogP contribution < -0.4 is 9.47 Å². The Labute approximate surface area is 258 Å². The molecule has 5 aromatic rings. The second-order valence-electron chi connectivity index (χ2n) is 11.5. The van der Waals surface area contributed by atoms with Crippen LogP contribution >= 0.6 is 0 Å². The monoisotopic (exact) mass is 590 g/mol. The Balaban J connectivity index is 1.40. The fourth-order valence-electron chi connectivity index (χ4n) is 5.04. The Morgan fingerprint density at radius 2 is 0.841 bits per heavy atom. The van der Waals surface area contributed by atoms with Crippen molar-refractivity contribution in [2.45, 2.75) is 53.8 Å². The number of hydrogen-bond acceptors (Lipinski definition) is 6. The molecule has 5 aromatic carbocycles. The number of carbonyl (C=O) groups excluding carboxylic acids is 2. The molecule has 226 valence electrons. The molecule has 44 heavy (non-hydrogen) atoms. The fraction of sp³-hybridized carbons (Fsp3) is 0.263. The number of carbonyl (C=O) groups is 2. The second kappa shape index (κ2) is 13.2. The zero-order chi connectivity index (χ0) is 31.4. The van der Waals surface area contributed by atoms with Gasteiger partial charge < -0.3 is 18.9 Å². The van der Waals surface area contributed by atoms with E-state index in [1.54, 1.807) is 24.3 Å². The molecular weight excluding hydrogens is 552 g/mol. The van der Waals surface area contributed by atoms with Gasteiger partial charge in [0.2, 0.25) is 0 Å². The van der Waals surface area contributed by atoms with Crippen LogP contribution in [0.4, 0.5) is 0 Å². The summed E-state index contributed by atoms with van der Waals surface area (Å²) in [6, 6.07) is 26.9. The van der Waals surface area contributed by atoms with E-state index in [0.717, 1.165) is 43.8 Å². The number of esters is 2. The largest absolute Gasteiger partial charge is 0.488 e. The predicted octanol–water partition coefficient (Wildman–Crippen LogP) is 8.48. The van der Waals surface area contributed by atoms with Crippen LogP contribution in [-0.2, 0) is 9.47 Å². The summed E-state index contributed by atoms with van der Waals surface area (Å²) in [6.07, 6.45) is -0.965. The first-order valence-electron chi connectivity index (χ1n) is 14.9. The molecular formula is C38H38O6. The molecule has 5 rings (SSSR count). The second-order valence-corrected chi connectivity index (χ2v) is 11.5. The molecule has 6 nitrogen and oxygen atoms in total. The van der Waals surface area contributed by atoms with Crippen molar-refractivity contribution in [3.63, 3.8) is 0 Å². The van der Waals surface area contributed by atoms with Crippen LogP contribution in [0, 0.1) is 27.7 Å². The van der Waals surface area contributed by atoms with E-state index in [0.29, 0.717) is 22.6 Å². The lowest BCUT2D eigenvalue weighted by molar-refractivity contribution is 0.0221. The van der Waals surface area contributed by atoms with Crippen molar-refractivity contribution in [3.8, 4) is 11.5 Å². The smallest absolute Gasteiger partial charge is 0.338 e. The van der Waals surface area contributed by atoms with Crippen LogP contribution in [0.15, 0.2) is 84.9 Å². The number of hydrogen-bond donors (Lipinski definition) is 0.